The number of hydrogen-bond acceptors (Lipinski definition) is 3. The van der Waals surface area contributed by atoms with Gasteiger partial charge in [-0.15, -0.1) is 0 Å². The van der Waals surface area contributed by atoms with Crippen LogP contribution in [0.15, 0.2) is 42.5 Å². The van der Waals surface area contributed by atoms with E-state index in [0.29, 0.717) is 37.3 Å². The Labute approximate surface area is 186 Å². The summed E-state index contributed by atoms with van der Waals surface area (Å²) in [6.45, 7) is 5.46. The number of hydrogen-bond donors (Lipinski definition) is 1. The maximum absolute atomic E-state index is 14.5. The highest BCUT2D eigenvalue weighted by Gasteiger charge is 2.49. The minimum absolute atomic E-state index is 0.0806. The Morgan fingerprint density at radius 1 is 0.938 bits per heavy atom. The van der Waals surface area contributed by atoms with Crippen LogP contribution < -0.4 is 0 Å². The van der Waals surface area contributed by atoms with E-state index in [4.69, 9.17) is 0 Å². The molecule has 32 heavy (non-hydrogen) atoms. The van der Waals surface area contributed by atoms with E-state index in [2.05, 4.69) is 0 Å². The predicted molar refractivity (Wildman–Crippen MR) is 115 cm³/mol. The van der Waals surface area contributed by atoms with E-state index in [9.17, 15) is 23.1 Å². The first kappa shape index (κ1) is 22.8. The van der Waals surface area contributed by atoms with Crippen molar-refractivity contribution >= 4 is 5.91 Å². The van der Waals surface area contributed by atoms with Gasteiger partial charge < -0.3 is 14.9 Å². The number of likely N-dealkylation sites (N-methyl/N-ethyl adjacent to an activating group) is 1. The average molecular weight is 447 g/mol. The molecule has 172 valence electrons. The fraction of sp³-hybridized carbons (Fsp3) is 0.480. The zero-order chi connectivity index (χ0) is 23.2. The number of rotatable bonds is 3. The summed E-state index contributed by atoms with van der Waals surface area (Å²) < 4.78 is 41.3. The Morgan fingerprint density at radius 2 is 1.53 bits per heavy atom. The molecule has 0 bridgehead atoms. The topological polar surface area (TPSA) is 43.8 Å². The molecule has 0 aliphatic carbocycles. The van der Waals surface area contributed by atoms with Crippen molar-refractivity contribution in [3.8, 4) is 0 Å². The maximum Gasteiger partial charge on any atom is 0.227 e. The van der Waals surface area contributed by atoms with E-state index < -0.39 is 23.2 Å². The summed E-state index contributed by atoms with van der Waals surface area (Å²) in [6.07, 6.45) is 0. The van der Waals surface area contributed by atoms with Gasteiger partial charge in [0.05, 0.1) is 11.5 Å². The van der Waals surface area contributed by atoms with Crippen LogP contribution in [0.5, 0.6) is 0 Å². The van der Waals surface area contributed by atoms with Crippen LogP contribution in [0.3, 0.4) is 0 Å². The Hall–Kier alpha value is -2.38. The molecule has 0 saturated carbocycles. The first-order valence-electron chi connectivity index (χ1n) is 11.0. The normalized spacial score (nSPS) is 31.2. The Morgan fingerprint density at radius 3 is 2.12 bits per heavy atom. The summed E-state index contributed by atoms with van der Waals surface area (Å²) in [4.78, 5) is 17.3. The van der Waals surface area contributed by atoms with Crippen molar-refractivity contribution in [1.82, 2.24) is 9.80 Å². The molecule has 4 rings (SSSR count). The van der Waals surface area contributed by atoms with Gasteiger partial charge in [0.25, 0.3) is 0 Å². The summed E-state index contributed by atoms with van der Waals surface area (Å²) in [5.74, 6) is -3.08. The number of nitrogens with zero attached hydrogens (tertiary/aromatic N) is 2. The minimum Gasteiger partial charge on any atom is -0.384 e. The number of carbonyl (C=O) groups excluding carboxylic acids is 1. The van der Waals surface area contributed by atoms with Crippen molar-refractivity contribution in [2.75, 3.05) is 33.2 Å². The third-order valence-corrected chi connectivity index (χ3v) is 7.29. The fourth-order valence-corrected chi connectivity index (χ4v) is 5.57. The lowest BCUT2D eigenvalue weighted by Crippen LogP contribution is -2.57. The first-order chi connectivity index (χ1) is 15.1. The number of halogens is 3. The third-order valence-electron chi connectivity index (χ3n) is 7.29. The molecule has 2 aliphatic rings. The van der Waals surface area contributed by atoms with Crippen LogP contribution in [0.1, 0.15) is 30.9 Å². The monoisotopic (exact) mass is 446 g/mol. The zero-order valence-corrected chi connectivity index (χ0v) is 18.6. The van der Waals surface area contributed by atoms with Crippen molar-refractivity contribution in [2.45, 2.75) is 25.4 Å². The fourth-order valence-electron chi connectivity index (χ4n) is 5.57. The molecular weight excluding hydrogens is 417 g/mol. The number of carbonyl (C=O) groups is 1. The number of piperidine rings is 1. The highest BCUT2D eigenvalue weighted by molar-refractivity contribution is 5.81. The molecule has 0 spiro atoms. The minimum atomic E-state index is -1.18. The summed E-state index contributed by atoms with van der Waals surface area (Å²) in [5, 5.41) is 11.5. The molecule has 2 heterocycles. The van der Waals surface area contributed by atoms with Gasteiger partial charge in [-0.2, -0.15) is 0 Å². The molecule has 2 aromatic carbocycles. The van der Waals surface area contributed by atoms with Crippen LogP contribution in [0.4, 0.5) is 13.2 Å². The van der Waals surface area contributed by atoms with Gasteiger partial charge in [0, 0.05) is 50.0 Å². The molecule has 2 aliphatic heterocycles. The molecular formula is C25H29F3N2O2. The number of amides is 1. The van der Waals surface area contributed by atoms with Crippen molar-refractivity contribution in [3.63, 3.8) is 0 Å². The second-order valence-electron chi connectivity index (χ2n) is 9.48. The van der Waals surface area contributed by atoms with Crippen LogP contribution in [-0.4, -0.2) is 54.0 Å². The number of likely N-dealkylation sites (tertiary alicyclic amines) is 2. The Kier molecular flexibility index (Phi) is 6.07. The zero-order valence-electron chi connectivity index (χ0n) is 18.6. The molecule has 2 fully saturated rings. The molecule has 0 aromatic heterocycles. The smallest absolute Gasteiger partial charge is 0.227 e. The quantitative estimate of drug-likeness (QED) is 0.781. The first-order valence-corrected chi connectivity index (χ1v) is 11.0. The van der Waals surface area contributed by atoms with Crippen LogP contribution in [-0.2, 0) is 10.4 Å². The lowest BCUT2D eigenvalue weighted by atomic mass is 9.70. The Balaban J connectivity index is 1.56. The number of aliphatic hydroxyl groups is 1. The molecule has 5 atom stereocenters. The summed E-state index contributed by atoms with van der Waals surface area (Å²) in [7, 11) is 1.89. The maximum atomic E-state index is 14.5. The Bertz CT molecular complexity index is 985. The van der Waals surface area contributed by atoms with Gasteiger partial charge in [0.15, 0.2) is 0 Å². The van der Waals surface area contributed by atoms with E-state index in [1.165, 1.54) is 24.3 Å². The van der Waals surface area contributed by atoms with E-state index in [1.54, 1.807) is 17.0 Å². The summed E-state index contributed by atoms with van der Waals surface area (Å²) >= 11 is 0. The highest BCUT2D eigenvalue weighted by Crippen LogP contribution is 2.43. The summed E-state index contributed by atoms with van der Waals surface area (Å²) in [5.41, 5.74) is -0.188. The molecule has 1 amide bonds. The molecule has 7 heteroatoms. The van der Waals surface area contributed by atoms with E-state index in [0.717, 1.165) is 6.07 Å². The molecule has 0 radical (unpaired) electrons. The van der Waals surface area contributed by atoms with Gasteiger partial charge in [-0.3, -0.25) is 4.79 Å². The van der Waals surface area contributed by atoms with Crippen molar-refractivity contribution in [2.24, 2.45) is 17.8 Å². The van der Waals surface area contributed by atoms with Crippen molar-refractivity contribution in [1.29, 1.82) is 0 Å². The van der Waals surface area contributed by atoms with E-state index in [-0.39, 0.29) is 29.5 Å². The molecule has 2 saturated heterocycles. The lowest BCUT2D eigenvalue weighted by Gasteiger charge is -2.48. The molecule has 2 aromatic rings. The van der Waals surface area contributed by atoms with Crippen LogP contribution in [0, 0.1) is 35.2 Å². The number of benzene rings is 2. The third kappa shape index (κ3) is 3.92. The SMILES string of the molecule is C[C@@H]1CN(C(=O)[C@@H]2CN(C)C[C@H]2c2ccc(F)cc2F)C[C@H](C)C1(O)c1ccc(F)cc1. The summed E-state index contributed by atoms with van der Waals surface area (Å²) in [6, 6.07) is 9.39. The van der Waals surface area contributed by atoms with Crippen molar-refractivity contribution < 1.29 is 23.1 Å². The van der Waals surface area contributed by atoms with Crippen LogP contribution >= 0.6 is 0 Å². The molecule has 4 nitrogen and oxygen atoms in total. The second kappa shape index (κ2) is 8.52. The van der Waals surface area contributed by atoms with Gasteiger partial charge >= 0.3 is 0 Å². The highest BCUT2D eigenvalue weighted by atomic mass is 19.1. The van der Waals surface area contributed by atoms with Crippen LogP contribution in [0.25, 0.3) is 0 Å². The van der Waals surface area contributed by atoms with E-state index >= 15 is 0 Å². The van der Waals surface area contributed by atoms with Crippen molar-refractivity contribution in [3.05, 3.63) is 71.0 Å². The van der Waals surface area contributed by atoms with Gasteiger partial charge in [0.1, 0.15) is 17.5 Å². The van der Waals surface area contributed by atoms with E-state index in [1.807, 2.05) is 25.8 Å². The standard InChI is InChI=1S/C25H29F3N2O2/c1-15-11-30(12-16(2)25(15,32)17-4-6-18(26)7-5-17)24(31)22-14-29(3)13-21(22)20-9-8-19(27)10-23(20)28/h4-10,15-16,21-22,32H,11-14H2,1-3H3/t15-,16+,21-,22+,25?/m0/s1. The average Bonchev–Trinajstić information content (AvgIpc) is 3.12. The van der Waals surface area contributed by atoms with Gasteiger partial charge in [0.2, 0.25) is 5.91 Å². The second-order valence-corrected chi connectivity index (χ2v) is 9.48. The van der Waals surface area contributed by atoms with Gasteiger partial charge in [-0.05, 0) is 36.4 Å². The molecule has 1 unspecified atom stereocenters. The largest absolute Gasteiger partial charge is 0.384 e. The lowest BCUT2D eigenvalue weighted by molar-refractivity contribution is -0.152. The molecule has 1 N–H and O–H groups in total. The van der Waals surface area contributed by atoms with Gasteiger partial charge in [-0.25, -0.2) is 13.2 Å². The van der Waals surface area contributed by atoms with Gasteiger partial charge in [-0.1, -0.05) is 32.0 Å². The predicted octanol–water partition coefficient (Wildman–Crippen LogP) is 3.75. The van der Waals surface area contributed by atoms with Crippen LogP contribution in [0.2, 0.25) is 0 Å².